The highest BCUT2D eigenvalue weighted by molar-refractivity contribution is 5.73. The van der Waals surface area contributed by atoms with Crippen LogP contribution in [0.25, 0.3) is 0 Å². The molecule has 0 aromatic rings. The number of aliphatic hydroxyl groups is 1. The third kappa shape index (κ3) is 4.09. The van der Waals surface area contributed by atoms with E-state index in [0.717, 1.165) is 54.8 Å². The molecule has 0 saturated heterocycles. The third-order valence-corrected chi connectivity index (χ3v) is 9.21. The molecular formula is C24H42O3. The van der Waals surface area contributed by atoms with Crippen molar-refractivity contribution in [2.75, 3.05) is 13.2 Å². The Bertz CT molecular complexity index is 496. The Kier molecular flexibility index (Phi) is 6.93. The van der Waals surface area contributed by atoms with Crippen molar-refractivity contribution in [2.24, 2.45) is 59.2 Å². The predicted molar refractivity (Wildman–Crippen MR) is 109 cm³/mol. The average Bonchev–Trinajstić information content (AvgIpc) is 3.40. The molecule has 4 aliphatic rings. The van der Waals surface area contributed by atoms with Gasteiger partial charge in [0.25, 0.3) is 0 Å². The van der Waals surface area contributed by atoms with Gasteiger partial charge in [0.1, 0.15) is 0 Å². The number of unbranched alkanes of at least 4 members (excludes halogenated alkanes) is 1. The first-order valence-electron chi connectivity index (χ1n) is 11.7. The maximum atomic E-state index is 11.9. The normalized spacial score (nSPS) is 47.0. The Morgan fingerprint density at radius 2 is 1.48 bits per heavy atom. The fourth-order valence-electron chi connectivity index (χ4n) is 6.94. The highest BCUT2D eigenvalue weighted by Crippen LogP contribution is 2.55. The molecule has 0 amide bonds. The van der Waals surface area contributed by atoms with E-state index in [9.17, 15) is 4.79 Å². The summed E-state index contributed by atoms with van der Waals surface area (Å²) in [6.45, 7) is 12.6. The molecule has 3 heteroatoms. The number of carbonyl (C=O) groups is 1. The van der Waals surface area contributed by atoms with E-state index in [1.54, 1.807) is 0 Å². The monoisotopic (exact) mass is 378 g/mol. The van der Waals surface area contributed by atoms with E-state index in [1.807, 2.05) is 0 Å². The van der Waals surface area contributed by atoms with Gasteiger partial charge in [-0.15, -0.1) is 0 Å². The Morgan fingerprint density at radius 1 is 0.889 bits per heavy atom. The standard InChI is InChI=1S/C14H24O2.C10H18O/c1-4-5-6-16-14(15)13-8-11-7-12(13)10(3)9(11)2;1-6-7(2)10-4-8(6)3-9(10)5-11/h9-13H,4-8H2,1-3H3;6-11H,3-5H2,1-2H3. The van der Waals surface area contributed by atoms with Crippen LogP contribution in [0.5, 0.6) is 0 Å². The van der Waals surface area contributed by atoms with Gasteiger partial charge in [0.2, 0.25) is 0 Å². The van der Waals surface area contributed by atoms with Gasteiger partial charge in [0.15, 0.2) is 0 Å². The molecule has 156 valence electrons. The van der Waals surface area contributed by atoms with Gasteiger partial charge in [-0.1, -0.05) is 41.0 Å². The zero-order valence-corrected chi connectivity index (χ0v) is 18.2. The Morgan fingerprint density at radius 3 is 1.96 bits per heavy atom. The van der Waals surface area contributed by atoms with Crippen LogP contribution in [-0.2, 0) is 9.53 Å². The van der Waals surface area contributed by atoms with Crippen molar-refractivity contribution >= 4 is 5.97 Å². The van der Waals surface area contributed by atoms with Crippen LogP contribution in [0.4, 0.5) is 0 Å². The number of rotatable bonds is 5. The van der Waals surface area contributed by atoms with E-state index in [0.29, 0.717) is 31.0 Å². The van der Waals surface area contributed by atoms with Crippen molar-refractivity contribution in [3.8, 4) is 0 Å². The summed E-state index contributed by atoms with van der Waals surface area (Å²) in [5.74, 6) is 7.42. The maximum absolute atomic E-state index is 11.9. The van der Waals surface area contributed by atoms with Gasteiger partial charge < -0.3 is 9.84 Å². The highest BCUT2D eigenvalue weighted by atomic mass is 16.5. The van der Waals surface area contributed by atoms with Crippen LogP contribution in [0.1, 0.15) is 73.1 Å². The molecule has 10 atom stereocenters. The van der Waals surface area contributed by atoms with Gasteiger partial charge >= 0.3 is 5.97 Å². The number of carbonyl (C=O) groups excluding carboxylic acids is 1. The second kappa shape index (κ2) is 8.84. The first-order chi connectivity index (χ1) is 12.9. The molecular weight excluding hydrogens is 336 g/mol. The number of hydrogen-bond acceptors (Lipinski definition) is 3. The molecule has 4 saturated carbocycles. The molecule has 4 aliphatic carbocycles. The van der Waals surface area contributed by atoms with E-state index in [2.05, 4.69) is 34.6 Å². The molecule has 27 heavy (non-hydrogen) atoms. The summed E-state index contributed by atoms with van der Waals surface area (Å²) in [6.07, 6.45) is 7.13. The van der Waals surface area contributed by atoms with E-state index in [4.69, 9.17) is 9.84 Å². The lowest BCUT2D eigenvalue weighted by atomic mass is 9.76. The van der Waals surface area contributed by atoms with Gasteiger partial charge in [-0.25, -0.2) is 0 Å². The lowest BCUT2D eigenvalue weighted by Crippen LogP contribution is -2.31. The van der Waals surface area contributed by atoms with E-state index < -0.39 is 0 Å². The van der Waals surface area contributed by atoms with Gasteiger partial charge in [-0.2, -0.15) is 0 Å². The SMILES string of the molecule is CC1C2CC(CO)C(C2)C1C.CCCCOC(=O)C1CC2CC1C(C)C2C. The highest BCUT2D eigenvalue weighted by Gasteiger charge is 2.51. The Balaban J connectivity index is 0.000000166. The van der Waals surface area contributed by atoms with Crippen molar-refractivity contribution < 1.29 is 14.6 Å². The summed E-state index contributed by atoms with van der Waals surface area (Å²) in [5, 5.41) is 9.09. The number of esters is 1. The van der Waals surface area contributed by atoms with Crippen molar-refractivity contribution in [2.45, 2.75) is 73.1 Å². The van der Waals surface area contributed by atoms with E-state index >= 15 is 0 Å². The molecule has 10 unspecified atom stereocenters. The summed E-state index contributed by atoms with van der Waals surface area (Å²) in [5.41, 5.74) is 0. The summed E-state index contributed by atoms with van der Waals surface area (Å²) < 4.78 is 5.36. The molecule has 3 nitrogen and oxygen atoms in total. The van der Waals surface area contributed by atoms with Crippen LogP contribution in [0, 0.1) is 59.2 Å². The Labute approximate surface area is 166 Å². The van der Waals surface area contributed by atoms with Crippen LogP contribution >= 0.6 is 0 Å². The van der Waals surface area contributed by atoms with Crippen LogP contribution in [-0.4, -0.2) is 24.3 Å². The summed E-state index contributed by atoms with van der Waals surface area (Å²) in [7, 11) is 0. The first-order valence-corrected chi connectivity index (χ1v) is 11.7. The lowest BCUT2D eigenvalue weighted by Gasteiger charge is -2.30. The van der Waals surface area contributed by atoms with Gasteiger partial charge in [0, 0.05) is 6.61 Å². The first kappa shape index (κ1) is 21.1. The zero-order chi connectivity index (χ0) is 19.7. The molecule has 4 bridgehead atoms. The van der Waals surface area contributed by atoms with Crippen LogP contribution in [0.2, 0.25) is 0 Å². The molecule has 4 rings (SSSR count). The summed E-state index contributed by atoms with van der Waals surface area (Å²) in [4.78, 5) is 11.9. The molecule has 0 spiro atoms. The molecule has 4 fully saturated rings. The quantitative estimate of drug-likeness (QED) is 0.530. The van der Waals surface area contributed by atoms with Crippen LogP contribution in [0.15, 0.2) is 0 Å². The Hall–Kier alpha value is -0.570. The van der Waals surface area contributed by atoms with Gasteiger partial charge in [-0.05, 0) is 85.4 Å². The number of ether oxygens (including phenoxy) is 1. The maximum Gasteiger partial charge on any atom is 0.309 e. The molecule has 0 aliphatic heterocycles. The molecule has 0 aromatic heterocycles. The lowest BCUT2D eigenvalue weighted by molar-refractivity contribution is -0.151. The van der Waals surface area contributed by atoms with Crippen molar-refractivity contribution in [3.63, 3.8) is 0 Å². The van der Waals surface area contributed by atoms with E-state index in [-0.39, 0.29) is 11.9 Å². The predicted octanol–water partition coefficient (Wildman–Crippen LogP) is 5.16. The number of fused-ring (bicyclic) bond motifs is 4. The number of hydrogen-bond donors (Lipinski definition) is 1. The van der Waals surface area contributed by atoms with Crippen molar-refractivity contribution in [3.05, 3.63) is 0 Å². The molecule has 0 aromatic carbocycles. The largest absolute Gasteiger partial charge is 0.465 e. The molecule has 1 N–H and O–H groups in total. The number of aliphatic hydroxyl groups excluding tert-OH is 1. The minimum absolute atomic E-state index is 0.0831. The van der Waals surface area contributed by atoms with Crippen LogP contribution < -0.4 is 0 Å². The van der Waals surface area contributed by atoms with Crippen molar-refractivity contribution in [1.29, 1.82) is 0 Å². The van der Waals surface area contributed by atoms with E-state index in [1.165, 1.54) is 19.3 Å². The molecule has 0 radical (unpaired) electrons. The zero-order valence-electron chi connectivity index (χ0n) is 18.2. The van der Waals surface area contributed by atoms with Gasteiger partial charge in [0.05, 0.1) is 12.5 Å². The second-order valence-corrected chi connectivity index (χ2v) is 10.3. The van der Waals surface area contributed by atoms with Gasteiger partial charge in [-0.3, -0.25) is 4.79 Å². The smallest absolute Gasteiger partial charge is 0.309 e. The topological polar surface area (TPSA) is 46.5 Å². The molecule has 0 heterocycles. The minimum atomic E-state index is 0.0831. The fourth-order valence-corrected chi connectivity index (χ4v) is 6.94. The summed E-state index contributed by atoms with van der Waals surface area (Å²) >= 11 is 0. The van der Waals surface area contributed by atoms with Crippen LogP contribution in [0.3, 0.4) is 0 Å². The summed E-state index contributed by atoms with van der Waals surface area (Å²) in [6, 6.07) is 0. The fraction of sp³-hybridized carbons (Fsp3) is 0.958. The third-order valence-electron chi connectivity index (χ3n) is 9.21. The second-order valence-electron chi connectivity index (χ2n) is 10.3. The average molecular weight is 379 g/mol. The minimum Gasteiger partial charge on any atom is -0.465 e. The van der Waals surface area contributed by atoms with Crippen molar-refractivity contribution in [1.82, 2.24) is 0 Å².